The highest BCUT2D eigenvalue weighted by Crippen LogP contribution is 2.47. The summed E-state index contributed by atoms with van der Waals surface area (Å²) >= 11 is 0. The molecule has 14 nitrogen and oxygen atoms in total. The van der Waals surface area contributed by atoms with Gasteiger partial charge in [0.1, 0.15) is 29.8 Å². The number of amides is 4. The van der Waals surface area contributed by atoms with Crippen LogP contribution < -0.4 is 25.5 Å². The summed E-state index contributed by atoms with van der Waals surface area (Å²) in [7, 11) is -4.01. The van der Waals surface area contributed by atoms with Crippen molar-refractivity contribution in [2.75, 3.05) is 6.54 Å². The molecule has 5 fully saturated rings. The fourth-order valence-electron chi connectivity index (χ4n) is 9.47. The van der Waals surface area contributed by atoms with Crippen molar-refractivity contribution >= 4 is 44.7 Å². The van der Waals surface area contributed by atoms with E-state index in [1.54, 1.807) is 25.1 Å². The van der Waals surface area contributed by atoms with E-state index in [1.165, 1.54) is 11.0 Å². The molecule has 0 spiro atoms. The average molecular weight is 804 g/mol. The first-order valence-corrected chi connectivity index (χ1v) is 22.1. The summed E-state index contributed by atoms with van der Waals surface area (Å²) in [6, 6.07) is 5.03. The first kappa shape index (κ1) is 39.2. The highest BCUT2D eigenvalue weighted by Gasteiger charge is 2.63. The molecule has 0 radical (unpaired) electrons. The number of benzene rings is 1. The Balaban J connectivity index is 1.14. The maximum Gasteiger partial charge on any atom is 0.408 e. The molecular weight excluding hydrogens is 751 g/mol. The Hall–Kier alpha value is -4.66. The van der Waals surface area contributed by atoms with E-state index in [0.717, 1.165) is 44.9 Å². The van der Waals surface area contributed by atoms with Crippen molar-refractivity contribution in [2.24, 2.45) is 17.8 Å². The third-order valence-electron chi connectivity index (χ3n) is 13.4. The van der Waals surface area contributed by atoms with Crippen molar-refractivity contribution in [3.63, 3.8) is 0 Å². The maximum atomic E-state index is 14.9. The molecule has 7 atom stereocenters. The number of carbonyl (C=O) groups is 4. The van der Waals surface area contributed by atoms with Crippen LogP contribution in [-0.4, -0.2) is 83.2 Å². The van der Waals surface area contributed by atoms with Gasteiger partial charge in [0.15, 0.2) is 11.3 Å². The zero-order chi connectivity index (χ0) is 40.1. The second-order valence-electron chi connectivity index (χ2n) is 17.2. The second kappa shape index (κ2) is 15.3. The van der Waals surface area contributed by atoms with Gasteiger partial charge >= 0.3 is 6.09 Å². The van der Waals surface area contributed by atoms with Gasteiger partial charge in [0.2, 0.25) is 21.8 Å². The van der Waals surface area contributed by atoms with E-state index < -0.39 is 68.2 Å². The van der Waals surface area contributed by atoms with E-state index in [4.69, 9.17) is 9.47 Å². The maximum absolute atomic E-state index is 14.9. The van der Waals surface area contributed by atoms with Crippen molar-refractivity contribution in [3.05, 3.63) is 64.9 Å². The largest absolute Gasteiger partial charge is 0.473 e. The van der Waals surface area contributed by atoms with Crippen LogP contribution in [0.15, 0.2) is 53.9 Å². The van der Waals surface area contributed by atoms with Crippen molar-refractivity contribution in [1.82, 2.24) is 25.2 Å². The highest BCUT2D eigenvalue weighted by molar-refractivity contribution is 7.91. The molecule has 306 valence electrons. The number of aromatic nitrogens is 1. The Bertz CT molecular complexity index is 2160. The van der Waals surface area contributed by atoms with E-state index in [-0.39, 0.29) is 55.1 Å². The summed E-state index contributed by atoms with van der Waals surface area (Å²) < 4.78 is 40.0. The number of H-pyrrole nitrogens is 1. The average Bonchev–Trinajstić information content (AvgIpc) is 3.81. The Morgan fingerprint density at radius 3 is 2.47 bits per heavy atom. The molecule has 1 aromatic heterocycles. The molecule has 6 aliphatic rings. The molecule has 1 aromatic carbocycles. The highest BCUT2D eigenvalue weighted by atomic mass is 32.2. The van der Waals surface area contributed by atoms with Crippen LogP contribution in [0.5, 0.6) is 5.88 Å². The minimum Gasteiger partial charge on any atom is -0.473 e. The van der Waals surface area contributed by atoms with Gasteiger partial charge in [-0.3, -0.25) is 23.9 Å². The number of pyridine rings is 1. The normalized spacial score (nSPS) is 32.1. The summed E-state index contributed by atoms with van der Waals surface area (Å²) in [4.78, 5) is 75.4. The molecule has 57 heavy (non-hydrogen) atoms. The fraction of sp³-hybridized carbons (Fsp3) is 0.595. The molecule has 1 saturated heterocycles. The number of alkyl carbamates (subject to hydrolysis) is 1. The monoisotopic (exact) mass is 803 g/mol. The number of para-hydroxylation sites is 1. The third-order valence-corrected chi connectivity index (χ3v) is 15.6. The van der Waals surface area contributed by atoms with Gasteiger partial charge in [-0.2, -0.15) is 0 Å². The van der Waals surface area contributed by atoms with Gasteiger partial charge in [0.25, 0.3) is 5.91 Å². The van der Waals surface area contributed by atoms with Crippen LogP contribution in [0.3, 0.4) is 0 Å². The topological polar surface area (TPSA) is 193 Å². The van der Waals surface area contributed by atoms with Gasteiger partial charge in [0.05, 0.1) is 22.4 Å². The number of fused-ring (bicyclic) bond motifs is 5. The first-order valence-electron chi connectivity index (χ1n) is 20.6. The molecule has 2 bridgehead atoms. The van der Waals surface area contributed by atoms with Crippen molar-refractivity contribution in [2.45, 2.75) is 131 Å². The predicted molar refractivity (Wildman–Crippen MR) is 212 cm³/mol. The minimum atomic E-state index is -4.01. The molecule has 0 unspecified atom stereocenters. The molecule has 2 aliphatic heterocycles. The number of ether oxygens (including phenoxy) is 2. The van der Waals surface area contributed by atoms with Gasteiger partial charge in [-0.05, 0) is 102 Å². The van der Waals surface area contributed by atoms with Gasteiger partial charge in [-0.1, -0.05) is 43.2 Å². The Labute approximate surface area is 332 Å². The van der Waals surface area contributed by atoms with Crippen LogP contribution in [-0.2, 0) is 35.6 Å². The number of nitrogens with one attached hydrogen (secondary N) is 4. The summed E-state index contributed by atoms with van der Waals surface area (Å²) in [6.07, 6.45) is 12.4. The third kappa shape index (κ3) is 7.59. The van der Waals surface area contributed by atoms with Crippen molar-refractivity contribution in [3.8, 4) is 5.88 Å². The van der Waals surface area contributed by atoms with Crippen LogP contribution in [0.25, 0.3) is 10.9 Å². The number of rotatable bonds is 7. The summed E-state index contributed by atoms with van der Waals surface area (Å²) in [6.45, 7) is 5.33. The lowest BCUT2D eigenvalue weighted by Crippen LogP contribution is -2.59. The molecular formula is C42H53N5O9S. The number of hydrogen-bond acceptors (Lipinski definition) is 9. The number of allylic oxidation sites excluding steroid dienone is 2. The van der Waals surface area contributed by atoms with Gasteiger partial charge in [-0.25, -0.2) is 13.2 Å². The van der Waals surface area contributed by atoms with Crippen LogP contribution in [0.1, 0.15) is 96.0 Å². The van der Waals surface area contributed by atoms with Gasteiger partial charge in [-0.15, -0.1) is 6.58 Å². The minimum absolute atomic E-state index is 0.000121. The van der Waals surface area contributed by atoms with Crippen LogP contribution in [0, 0.1) is 17.8 Å². The SMILES string of the molecule is C=C[C@@H]1C[C@]1(NC(=O)[C@@H]1C[C@@H]2CN1C(=O)[C@H](C1CCCC1)NC(=O)O[C@@H]1CCC[C@H]1CC/C=C\Cc1c([nH]c3ccccc3c1=O)O2)C(=O)NS(=O)(=O)C1(C)CC1. The number of hydrogen-bond donors (Lipinski definition) is 4. The van der Waals surface area contributed by atoms with E-state index in [2.05, 4.69) is 26.9 Å². The quantitative estimate of drug-likeness (QED) is 0.296. The summed E-state index contributed by atoms with van der Waals surface area (Å²) in [5.74, 6) is -2.30. The van der Waals surface area contributed by atoms with Crippen LogP contribution in [0.2, 0.25) is 0 Å². The Morgan fingerprint density at radius 2 is 1.74 bits per heavy atom. The van der Waals surface area contributed by atoms with Crippen molar-refractivity contribution < 1.29 is 37.1 Å². The fourth-order valence-corrected chi connectivity index (χ4v) is 10.8. The van der Waals surface area contributed by atoms with Gasteiger partial charge in [0, 0.05) is 17.7 Å². The first-order chi connectivity index (χ1) is 27.3. The van der Waals surface area contributed by atoms with E-state index >= 15 is 0 Å². The zero-order valence-electron chi connectivity index (χ0n) is 32.4. The summed E-state index contributed by atoms with van der Waals surface area (Å²) in [5.41, 5.74) is -0.761. The molecule has 4 amide bonds. The molecule has 3 heterocycles. The molecule has 4 aliphatic carbocycles. The molecule has 4 saturated carbocycles. The number of aromatic amines is 1. The second-order valence-corrected chi connectivity index (χ2v) is 19.4. The lowest BCUT2D eigenvalue weighted by Gasteiger charge is -2.32. The molecule has 15 heteroatoms. The lowest BCUT2D eigenvalue weighted by molar-refractivity contribution is -0.142. The lowest BCUT2D eigenvalue weighted by atomic mass is 9.96. The molecule has 4 N–H and O–H groups in total. The molecule has 8 rings (SSSR count). The number of nitrogens with zero attached hydrogens (tertiary/aromatic N) is 1. The Kier molecular flexibility index (Phi) is 10.5. The Morgan fingerprint density at radius 1 is 0.982 bits per heavy atom. The van der Waals surface area contributed by atoms with E-state index in [0.29, 0.717) is 42.1 Å². The van der Waals surface area contributed by atoms with E-state index in [1.807, 2.05) is 18.2 Å². The van der Waals surface area contributed by atoms with E-state index in [9.17, 15) is 32.4 Å². The number of carbonyl (C=O) groups excluding carboxylic acids is 4. The standard InChI is InChI=1S/C42H53N5O9S/c1-3-27-23-42(27,39(51)46-57(53,54)41(2)20-21-41)45-36(49)32-22-28-24-47(32)38(50)34(26-13-7-8-14-26)44-40(52)56-33-19-11-15-25(33)12-5-4-6-17-30-35(48)29-16-9-10-18-31(29)43-37(30)55-28/h3-4,6,9-10,16,18,25-28,32-34H,1,5,7-8,11-15,17,19-24H2,2H3,(H,43,48)(H,44,52)(H,45,49)(H,46,51)/b6-4-/t25-,27-,28-,32+,33-,34+,42-/m1/s1. The smallest absolute Gasteiger partial charge is 0.408 e. The predicted octanol–water partition coefficient (Wildman–Crippen LogP) is 4.28. The zero-order valence-corrected chi connectivity index (χ0v) is 33.2. The van der Waals surface area contributed by atoms with Crippen molar-refractivity contribution in [1.29, 1.82) is 0 Å². The van der Waals surface area contributed by atoms with Crippen LogP contribution in [0.4, 0.5) is 4.79 Å². The van der Waals surface area contributed by atoms with Crippen LogP contribution >= 0.6 is 0 Å². The molecule has 2 aromatic rings. The van der Waals surface area contributed by atoms with Gasteiger partial charge < -0.3 is 30.0 Å². The number of sulfonamides is 1. The summed E-state index contributed by atoms with van der Waals surface area (Å²) in [5, 5.41) is 6.28.